The van der Waals surface area contributed by atoms with Gasteiger partial charge in [-0.1, -0.05) is 59.6 Å². The zero-order valence-electron chi connectivity index (χ0n) is 23.3. The minimum Gasteiger partial charge on any atom is -0.494 e. The van der Waals surface area contributed by atoms with E-state index in [4.69, 9.17) is 27.9 Å². The van der Waals surface area contributed by atoms with E-state index in [0.29, 0.717) is 40.1 Å². The monoisotopic (exact) mass is 619 g/mol. The van der Waals surface area contributed by atoms with E-state index in [2.05, 4.69) is 5.32 Å². The second-order valence-corrected chi connectivity index (χ2v) is 12.2. The van der Waals surface area contributed by atoms with E-state index in [1.54, 1.807) is 42.5 Å². The summed E-state index contributed by atoms with van der Waals surface area (Å²) in [4.78, 5) is 28.4. The van der Waals surface area contributed by atoms with Gasteiger partial charge in [0.15, 0.2) is 0 Å². The van der Waals surface area contributed by atoms with Crippen molar-refractivity contribution in [2.75, 3.05) is 30.8 Å². The number of anilines is 1. The van der Waals surface area contributed by atoms with Crippen LogP contribution in [-0.2, 0) is 32.6 Å². The smallest absolute Gasteiger partial charge is 0.242 e. The summed E-state index contributed by atoms with van der Waals surface area (Å²) in [5, 5.41) is 3.41. The Balaban J connectivity index is 1.84. The van der Waals surface area contributed by atoms with Crippen molar-refractivity contribution in [2.24, 2.45) is 0 Å². The number of carbonyl (C=O) groups excluding carboxylic acids is 2. The first-order chi connectivity index (χ1) is 19.5. The molecule has 41 heavy (non-hydrogen) atoms. The van der Waals surface area contributed by atoms with Crippen molar-refractivity contribution < 1.29 is 22.7 Å². The molecule has 0 saturated heterocycles. The summed E-state index contributed by atoms with van der Waals surface area (Å²) < 4.78 is 31.9. The molecule has 0 spiro atoms. The molecule has 0 heterocycles. The van der Waals surface area contributed by atoms with E-state index in [9.17, 15) is 18.0 Å². The zero-order valence-corrected chi connectivity index (χ0v) is 25.7. The summed E-state index contributed by atoms with van der Waals surface area (Å²) in [6.45, 7) is 2.57. The number of ether oxygens (including phenoxy) is 1. The van der Waals surface area contributed by atoms with Crippen LogP contribution in [0.4, 0.5) is 5.69 Å². The topological polar surface area (TPSA) is 96.0 Å². The largest absolute Gasteiger partial charge is 0.494 e. The number of hydrogen-bond acceptors (Lipinski definition) is 5. The van der Waals surface area contributed by atoms with Crippen LogP contribution in [0.2, 0.25) is 10.0 Å². The molecule has 0 aliphatic heterocycles. The van der Waals surface area contributed by atoms with Gasteiger partial charge in [0, 0.05) is 33.0 Å². The van der Waals surface area contributed by atoms with Gasteiger partial charge >= 0.3 is 0 Å². The Kier molecular flexibility index (Phi) is 11.9. The molecule has 1 N–H and O–H groups in total. The average molecular weight is 621 g/mol. The van der Waals surface area contributed by atoms with Crippen LogP contribution in [0.3, 0.4) is 0 Å². The molecule has 3 aromatic carbocycles. The van der Waals surface area contributed by atoms with Crippen LogP contribution in [0.25, 0.3) is 0 Å². The highest BCUT2D eigenvalue weighted by molar-refractivity contribution is 7.92. The predicted octanol–water partition coefficient (Wildman–Crippen LogP) is 5.32. The standard InChI is InChI=1S/C30H35Cl2N3O5S/c1-4-40-25-15-13-24(14-16-25)35(41(3,38)39)18-8-11-29(36)34(21-23-12-17-26(31)27(32)19-23)28(30(37)33-2)20-22-9-6-5-7-10-22/h5-7,9-10,12-17,19,28H,4,8,11,18,20-21H2,1-3H3,(H,33,37)/t28-/m0/s1. The number of likely N-dealkylation sites (N-methyl/N-ethyl adjacent to an activating group) is 1. The van der Waals surface area contributed by atoms with Gasteiger partial charge in [0.05, 0.1) is 28.6 Å². The Labute approximate surface area is 252 Å². The summed E-state index contributed by atoms with van der Waals surface area (Å²) in [6, 6.07) is 20.5. The van der Waals surface area contributed by atoms with Crippen LogP contribution < -0.4 is 14.4 Å². The third kappa shape index (κ3) is 9.38. The lowest BCUT2D eigenvalue weighted by Crippen LogP contribution is -2.49. The lowest BCUT2D eigenvalue weighted by Gasteiger charge is -2.31. The normalized spacial score (nSPS) is 11.9. The summed E-state index contributed by atoms with van der Waals surface area (Å²) >= 11 is 12.3. The molecule has 0 unspecified atom stereocenters. The molecule has 0 saturated carbocycles. The van der Waals surface area contributed by atoms with Gasteiger partial charge in [-0.25, -0.2) is 8.42 Å². The quantitative estimate of drug-likeness (QED) is 0.263. The fraction of sp³-hybridized carbons (Fsp3) is 0.333. The maximum atomic E-state index is 13.7. The highest BCUT2D eigenvalue weighted by atomic mass is 35.5. The molecule has 0 radical (unpaired) electrons. The van der Waals surface area contributed by atoms with Gasteiger partial charge in [-0.05, 0) is 60.9 Å². The molecule has 0 bridgehead atoms. The van der Waals surface area contributed by atoms with Gasteiger partial charge in [-0.3, -0.25) is 13.9 Å². The zero-order chi connectivity index (χ0) is 30.0. The first-order valence-electron chi connectivity index (χ1n) is 13.2. The lowest BCUT2D eigenvalue weighted by atomic mass is 10.0. The van der Waals surface area contributed by atoms with Gasteiger partial charge in [-0.15, -0.1) is 0 Å². The summed E-state index contributed by atoms with van der Waals surface area (Å²) in [5.41, 5.74) is 2.08. The van der Waals surface area contributed by atoms with Crippen molar-refractivity contribution in [3.05, 3.63) is 94.0 Å². The Morgan fingerprint density at radius 1 is 0.951 bits per heavy atom. The van der Waals surface area contributed by atoms with Crippen molar-refractivity contribution in [3.63, 3.8) is 0 Å². The highest BCUT2D eigenvalue weighted by Gasteiger charge is 2.30. The fourth-order valence-corrected chi connectivity index (χ4v) is 5.72. The molecule has 8 nitrogen and oxygen atoms in total. The number of hydrogen-bond donors (Lipinski definition) is 1. The van der Waals surface area contributed by atoms with E-state index in [1.807, 2.05) is 37.3 Å². The molecule has 1 atom stereocenters. The highest BCUT2D eigenvalue weighted by Crippen LogP contribution is 2.25. The third-order valence-electron chi connectivity index (χ3n) is 6.44. The minimum atomic E-state index is -3.62. The number of benzene rings is 3. The maximum absolute atomic E-state index is 13.7. The number of nitrogens with zero attached hydrogens (tertiary/aromatic N) is 2. The molecule has 11 heteroatoms. The molecule has 0 aliphatic carbocycles. The van der Waals surface area contributed by atoms with Crippen LogP contribution in [0.15, 0.2) is 72.8 Å². The second-order valence-electron chi connectivity index (χ2n) is 9.46. The van der Waals surface area contributed by atoms with E-state index in [-0.39, 0.29) is 37.7 Å². The summed E-state index contributed by atoms with van der Waals surface area (Å²) in [5.74, 6) is 0.0339. The van der Waals surface area contributed by atoms with Crippen molar-refractivity contribution >= 4 is 50.7 Å². The first kappa shape index (κ1) is 32.2. The number of carbonyl (C=O) groups is 2. The number of amides is 2. The first-order valence-corrected chi connectivity index (χ1v) is 15.8. The fourth-order valence-electron chi connectivity index (χ4n) is 4.43. The second kappa shape index (κ2) is 15.1. The van der Waals surface area contributed by atoms with E-state index in [0.717, 1.165) is 11.8 Å². The predicted molar refractivity (Wildman–Crippen MR) is 164 cm³/mol. The molecular formula is C30H35Cl2N3O5S. The summed E-state index contributed by atoms with van der Waals surface area (Å²) in [7, 11) is -2.09. The molecule has 0 aromatic heterocycles. The Morgan fingerprint density at radius 2 is 1.63 bits per heavy atom. The van der Waals surface area contributed by atoms with Gasteiger partial charge in [0.1, 0.15) is 11.8 Å². The number of sulfonamides is 1. The van der Waals surface area contributed by atoms with Gasteiger partial charge < -0.3 is 15.0 Å². The molecule has 2 amide bonds. The Morgan fingerprint density at radius 3 is 2.22 bits per heavy atom. The van der Waals surface area contributed by atoms with E-state index < -0.39 is 16.1 Å². The van der Waals surface area contributed by atoms with Crippen molar-refractivity contribution in [2.45, 2.75) is 38.8 Å². The van der Waals surface area contributed by atoms with Gasteiger partial charge in [0.2, 0.25) is 21.8 Å². The lowest BCUT2D eigenvalue weighted by molar-refractivity contribution is -0.141. The van der Waals surface area contributed by atoms with Crippen molar-refractivity contribution in [1.82, 2.24) is 10.2 Å². The number of halogens is 2. The van der Waals surface area contributed by atoms with Crippen molar-refractivity contribution in [3.8, 4) is 5.75 Å². The van der Waals surface area contributed by atoms with Crippen LogP contribution in [-0.4, -0.2) is 57.6 Å². The molecule has 0 fully saturated rings. The SMILES string of the molecule is CCOc1ccc(N(CCCC(=O)N(Cc2ccc(Cl)c(Cl)c2)[C@@H](Cc2ccccc2)C(=O)NC)S(C)(=O)=O)cc1. The molecule has 3 aromatic rings. The maximum Gasteiger partial charge on any atom is 0.242 e. The van der Waals surface area contributed by atoms with Crippen LogP contribution >= 0.6 is 23.2 Å². The molecule has 3 rings (SSSR count). The number of rotatable bonds is 14. The molecular weight excluding hydrogens is 585 g/mol. The Bertz CT molecular complexity index is 1420. The van der Waals surface area contributed by atoms with Crippen molar-refractivity contribution in [1.29, 1.82) is 0 Å². The van der Waals surface area contributed by atoms with Crippen LogP contribution in [0.5, 0.6) is 5.75 Å². The van der Waals surface area contributed by atoms with E-state index in [1.165, 1.54) is 16.3 Å². The molecule has 220 valence electrons. The van der Waals surface area contributed by atoms with Crippen LogP contribution in [0.1, 0.15) is 30.9 Å². The van der Waals surface area contributed by atoms with Gasteiger partial charge in [0.25, 0.3) is 0 Å². The van der Waals surface area contributed by atoms with Crippen LogP contribution in [0, 0.1) is 0 Å². The average Bonchev–Trinajstić information content (AvgIpc) is 2.95. The van der Waals surface area contributed by atoms with E-state index >= 15 is 0 Å². The number of nitrogens with one attached hydrogen (secondary N) is 1. The third-order valence-corrected chi connectivity index (χ3v) is 8.38. The summed E-state index contributed by atoms with van der Waals surface area (Å²) in [6.07, 6.45) is 1.69. The van der Waals surface area contributed by atoms with Gasteiger partial charge in [-0.2, -0.15) is 0 Å². The minimum absolute atomic E-state index is 0.0205. The Hall–Kier alpha value is -3.27. The molecule has 0 aliphatic rings.